The molecule has 1 heterocycles. The number of rotatable bonds is 5. The highest BCUT2D eigenvalue weighted by atomic mass is 19.1. The molecule has 2 aromatic carbocycles. The summed E-state index contributed by atoms with van der Waals surface area (Å²) in [5.74, 6) is 1.19. The Morgan fingerprint density at radius 2 is 1.65 bits per heavy atom. The maximum atomic E-state index is 13.0. The molecular formula is C23H27FN6O. The predicted octanol–water partition coefficient (Wildman–Crippen LogP) is 4.38. The summed E-state index contributed by atoms with van der Waals surface area (Å²) in [6.45, 7) is 0. The molecule has 1 aliphatic rings. The van der Waals surface area contributed by atoms with E-state index in [4.69, 9.17) is 4.98 Å². The van der Waals surface area contributed by atoms with E-state index in [1.54, 1.807) is 12.1 Å². The predicted molar refractivity (Wildman–Crippen MR) is 122 cm³/mol. The van der Waals surface area contributed by atoms with Gasteiger partial charge in [0, 0.05) is 37.3 Å². The third kappa shape index (κ3) is 5.20. The second kappa shape index (κ2) is 9.16. The van der Waals surface area contributed by atoms with E-state index in [0.717, 1.165) is 42.4 Å². The van der Waals surface area contributed by atoms with Gasteiger partial charge in [0.25, 0.3) is 0 Å². The number of carbonyl (C=O) groups is 1. The summed E-state index contributed by atoms with van der Waals surface area (Å²) in [6, 6.07) is 13.8. The van der Waals surface area contributed by atoms with Crippen molar-refractivity contribution in [2.45, 2.75) is 37.8 Å². The highest BCUT2D eigenvalue weighted by Gasteiger charge is 2.23. The van der Waals surface area contributed by atoms with Crippen molar-refractivity contribution in [3.63, 3.8) is 0 Å². The molecule has 1 aromatic heterocycles. The van der Waals surface area contributed by atoms with Crippen LogP contribution >= 0.6 is 0 Å². The average molecular weight is 423 g/mol. The van der Waals surface area contributed by atoms with Gasteiger partial charge in [0.05, 0.1) is 5.52 Å². The first-order chi connectivity index (χ1) is 15.0. The Morgan fingerprint density at radius 3 is 2.35 bits per heavy atom. The van der Waals surface area contributed by atoms with E-state index in [2.05, 4.69) is 20.9 Å². The van der Waals surface area contributed by atoms with Crippen LogP contribution in [0.3, 0.4) is 0 Å². The van der Waals surface area contributed by atoms with Gasteiger partial charge in [-0.1, -0.05) is 12.1 Å². The van der Waals surface area contributed by atoms with Gasteiger partial charge in [0.1, 0.15) is 11.6 Å². The number of aromatic nitrogens is 2. The van der Waals surface area contributed by atoms with Crippen molar-refractivity contribution in [1.29, 1.82) is 0 Å². The van der Waals surface area contributed by atoms with Crippen molar-refractivity contribution in [3.05, 3.63) is 54.3 Å². The highest BCUT2D eigenvalue weighted by Crippen LogP contribution is 2.26. The first-order valence-corrected chi connectivity index (χ1v) is 10.5. The van der Waals surface area contributed by atoms with Crippen LogP contribution in [-0.2, 0) is 0 Å². The molecule has 0 atom stereocenters. The van der Waals surface area contributed by atoms with Crippen molar-refractivity contribution in [1.82, 2.24) is 15.3 Å². The largest absolute Gasteiger partial charge is 0.362 e. The van der Waals surface area contributed by atoms with E-state index >= 15 is 0 Å². The normalized spacial score (nSPS) is 18.4. The summed E-state index contributed by atoms with van der Waals surface area (Å²) in [6.07, 6.45) is 3.55. The van der Waals surface area contributed by atoms with E-state index in [1.807, 2.05) is 43.3 Å². The summed E-state index contributed by atoms with van der Waals surface area (Å²) >= 11 is 0. The standard InChI is InChI=1S/C23H27FN6O/c1-30(2)21-19-5-3-4-6-20(19)28-22(29-21)25-16-11-13-18(14-12-16)27-23(31)26-17-9-7-15(24)8-10-17/h3-10,16,18H,11-14H2,1-2H3,(H,25,28,29)(H2,26,27,31). The first kappa shape index (κ1) is 20.8. The fraction of sp³-hybridized carbons (Fsp3) is 0.348. The number of para-hydroxylation sites is 1. The number of nitrogens with one attached hydrogen (secondary N) is 3. The number of nitrogens with zero attached hydrogens (tertiary/aromatic N) is 3. The Labute approximate surface area is 181 Å². The average Bonchev–Trinajstić information content (AvgIpc) is 2.76. The molecule has 0 unspecified atom stereocenters. The molecule has 162 valence electrons. The topological polar surface area (TPSA) is 82.2 Å². The lowest BCUT2D eigenvalue weighted by atomic mass is 9.91. The van der Waals surface area contributed by atoms with Crippen LogP contribution in [0.4, 0.5) is 26.6 Å². The lowest BCUT2D eigenvalue weighted by Gasteiger charge is -2.30. The van der Waals surface area contributed by atoms with Crippen LogP contribution in [-0.4, -0.2) is 42.2 Å². The van der Waals surface area contributed by atoms with Crippen molar-refractivity contribution >= 4 is 34.4 Å². The quantitative estimate of drug-likeness (QED) is 0.568. The minimum absolute atomic E-state index is 0.105. The molecular weight excluding hydrogens is 395 g/mol. The molecule has 1 saturated carbocycles. The van der Waals surface area contributed by atoms with Gasteiger partial charge in [-0.2, -0.15) is 4.98 Å². The van der Waals surface area contributed by atoms with Crippen molar-refractivity contribution in [2.24, 2.45) is 0 Å². The second-order valence-electron chi connectivity index (χ2n) is 8.08. The van der Waals surface area contributed by atoms with E-state index in [9.17, 15) is 9.18 Å². The number of carbonyl (C=O) groups excluding carboxylic acids is 1. The zero-order chi connectivity index (χ0) is 21.8. The molecule has 8 heteroatoms. The van der Waals surface area contributed by atoms with Gasteiger partial charge in [-0.3, -0.25) is 0 Å². The van der Waals surface area contributed by atoms with Crippen molar-refractivity contribution in [2.75, 3.05) is 29.6 Å². The third-order valence-electron chi connectivity index (χ3n) is 5.50. The van der Waals surface area contributed by atoms with Crippen molar-refractivity contribution < 1.29 is 9.18 Å². The number of amides is 2. The van der Waals surface area contributed by atoms with Gasteiger partial charge < -0.3 is 20.9 Å². The fourth-order valence-corrected chi connectivity index (χ4v) is 3.92. The van der Waals surface area contributed by atoms with Gasteiger partial charge in [0.2, 0.25) is 5.95 Å². The van der Waals surface area contributed by atoms with Gasteiger partial charge in [-0.15, -0.1) is 0 Å². The molecule has 4 rings (SSSR count). The van der Waals surface area contributed by atoms with Gasteiger partial charge >= 0.3 is 6.03 Å². The van der Waals surface area contributed by atoms with Gasteiger partial charge in [-0.25, -0.2) is 14.2 Å². The Balaban J connectivity index is 1.32. The second-order valence-corrected chi connectivity index (χ2v) is 8.08. The number of urea groups is 1. The molecule has 0 aliphatic heterocycles. The van der Waals surface area contributed by atoms with Gasteiger partial charge in [-0.05, 0) is 62.1 Å². The smallest absolute Gasteiger partial charge is 0.319 e. The SMILES string of the molecule is CN(C)c1nc(NC2CCC(NC(=O)Nc3ccc(F)cc3)CC2)nc2ccccc12. The Hall–Kier alpha value is -3.42. The molecule has 2 amide bonds. The Bertz CT molecular complexity index is 1050. The molecule has 0 bridgehead atoms. The molecule has 31 heavy (non-hydrogen) atoms. The highest BCUT2D eigenvalue weighted by molar-refractivity contribution is 5.90. The van der Waals surface area contributed by atoms with Crippen LogP contribution in [0, 0.1) is 5.82 Å². The molecule has 0 spiro atoms. The number of anilines is 3. The van der Waals surface area contributed by atoms with Crippen LogP contribution in [0.1, 0.15) is 25.7 Å². The van der Waals surface area contributed by atoms with E-state index < -0.39 is 0 Å². The van der Waals surface area contributed by atoms with Gasteiger partial charge in [0.15, 0.2) is 0 Å². The third-order valence-corrected chi connectivity index (χ3v) is 5.50. The van der Waals surface area contributed by atoms with E-state index in [0.29, 0.717) is 11.6 Å². The van der Waals surface area contributed by atoms with Crippen LogP contribution in [0.2, 0.25) is 0 Å². The summed E-state index contributed by atoms with van der Waals surface area (Å²) in [5, 5.41) is 10.2. The summed E-state index contributed by atoms with van der Waals surface area (Å²) < 4.78 is 13.0. The molecule has 0 saturated heterocycles. The van der Waals surface area contributed by atoms with Crippen LogP contribution in [0.15, 0.2) is 48.5 Å². The number of hydrogen-bond acceptors (Lipinski definition) is 5. The van der Waals surface area contributed by atoms with Crippen molar-refractivity contribution in [3.8, 4) is 0 Å². The molecule has 0 radical (unpaired) electrons. The zero-order valence-corrected chi connectivity index (χ0v) is 17.7. The monoisotopic (exact) mass is 422 g/mol. The fourth-order valence-electron chi connectivity index (χ4n) is 3.92. The maximum absolute atomic E-state index is 13.0. The van der Waals surface area contributed by atoms with Crippen LogP contribution in [0.25, 0.3) is 10.9 Å². The van der Waals surface area contributed by atoms with Crippen LogP contribution in [0.5, 0.6) is 0 Å². The summed E-state index contributed by atoms with van der Waals surface area (Å²) in [4.78, 5) is 23.6. The lowest BCUT2D eigenvalue weighted by molar-refractivity contribution is 0.243. The summed E-state index contributed by atoms with van der Waals surface area (Å²) in [7, 11) is 3.96. The molecule has 7 nitrogen and oxygen atoms in total. The molecule has 3 aromatic rings. The van der Waals surface area contributed by atoms with E-state index in [-0.39, 0.29) is 23.9 Å². The Kier molecular flexibility index (Phi) is 6.16. The zero-order valence-electron chi connectivity index (χ0n) is 17.7. The molecule has 3 N–H and O–H groups in total. The lowest BCUT2D eigenvalue weighted by Crippen LogP contribution is -2.42. The minimum atomic E-state index is -0.329. The van der Waals surface area contributed by atoms with Crippen LogP contribution < -0.4 is 20.9 Å². The minimum Gasteiger partial charge on any atom is -0.362 e. The van der Waals surface area contributed by atoms with E-state index in [1.165, 1.54) is 12.1 Å². The number of halogens is 1. The molecule has 1 aliphatic carbocycles. The Morgan fingerprint density at radius 1 is 0.968 bits per heavy atom. The number of benzene rings is 2. The maximum Gasteiger partial charge on any atom is 0.319 e. The first-order valence-electron chi connectivity index (χ1n) is 10.5. The number of fused-ring (bicyclic) bond motifs is 1. The number of hydrogen-bond donors (Lipinski definition) is 3. The summed E-state index contributed by atoms with van der Waals surface area (Å²) in [5.41, 5.74) is 1.48. The molecule has 1 fully saturated rings.